The van der Waals surface area contributed by atoms with Crippen molar-refractivity contribution in [3.8, 4) is 5.75 Å². The normalized spacial score (nSPS) is 29.0. The molecule has 2 aromatic rings. The number of aliphatic hydroxyl groups excluding tert-OH is 4. The van der Waals surface area contributed by atoms with Crippen LogP contribution in [0.4, 0.5) is 0 Å². The summed E-state index contributed by atoms with van der Waals surface area (Å²) in [6, 6.07) is 11.3. The third-order valence-electron chi connectivity index (χ3n) is 8.59. The lowest BCUT2D eigenvalue weighted by molar-refractivity contribution is -0.166. The Morgan fingerprint density at radius 1 is 1.05 bits per heavy atom. The molecule has 12 nitrogen and oxygen atoms in total. The Morgan fingerprint density at radius 3 is 2.33 bits per heavy atom. The minimum absolute atomic E-state index is 0.0160. The number of aliphatic hydroxyl groups is 5. The lowest BCUT2D eigenvalue weighted by atomic mass is 9.56. The van der Waals surface area contributed by atoms with Crippen LogP contribution in [0.3, 0.4) is 0 Å². The van der Waals surface area contributed by atoms with Gasteiger partial charge in [-0.05, 0) is 38.2 Å². The molecular weight excluding hydrogens is 546 g/mol. The zero-order valence-corrected chi connectivity index (χ0v) is 23.0. The third-order valence-corrected chi connectivity index (χ3v) is 8.59. The van der Waals surface area contributed by atoms with Gasteiger partial charge in [-0.25, -0.2) is 0 Å². The second-order valence-corrected chi connectivity index (χ2v) is 11.2. The first kappa shape index (κ1) is 29.4. The Balaban J connectivity index is 1.56. The van der Waals surface area contributed by atoms with Crippen LogP contribution in [-0.4, -0.2) is 91.4 Å². The molecule has 3 aliphatic carbocycles. The molecule has 2 aromatic carbocycles. The van der Waals surface area contributed by atoms with Gasteiger partial charge in [-0.3, -0.25) is 19.3 Å². The fraction of sp³-hybridized carbons (Fsp3) is 0.367. The van der Waals surface area contributed by atoms with Gasteiger partial charge >= 0.3 is 0 Å². The highest BCUT2D eigenvalue weighted by Gasteiger charge is 2.67. The first-order valence-electron chi connectivity index (χ1n) is 13.4. The van der Waals surface area contributed by atoms with Crippen molar-refractivity contribution in [3.63, 3.8) is 0 Å². The second-order valence-electron chi connectivity index (χ2n) is 11.2. The van der Waals surface area contributed by atoms with Crippen LogP contribution in [0.1, 0.15) is 33.2 Å². The minimum atomic E-state index is -3.05. The molecule has 0 radical (unpaired) electrons. The van der Waals surface area contributed by atoms with Crippen molar-refractivity contribution >= 4 is 17.5 Å². The lowest BCUT2D eigenvalue weighted by Crippen LogP contribution is -2.68. The summed E-state index contributed by atoms with van der Waals surface area (Å²) in [6.07, 6.45) is -2.81. The average Bonchev–Trinajstić information content (AvgIpc) is 2.94. The van der Waals surface area contributed by atoms with E-state index in [4.69, 9.17) is 5.73 Å². The smallest absolute Gasteiger partial charge is 0.255 e. The van der Waals surface area contributed by atoms with Crippen molar-refractivity contribution < 1.29 is 45.0 Å². The first-order chi connectivity index (χ1) is 19.8. The van der Waals surface area contributed by atoms with E-state index < -0.39 is 81.6 Å². The number of carbonyl (C=O) groups excluding carboxylic acids is 3. The van der Waals surface area contributed by atoms with E-state index in [0.717, 1.165) is 5.56 Å². The maximum atomic E-state index is 13.9. The van der Waals surface area contributed by atoms with Gasteiger partial charge in [0.05, 0.1) is 29.7 Å². The van der Waals surface area contributed by atoms with Gasteiger partial charge in [0.15, 0.2) is 11.4 Å². The molecule has 0 aliphatic heterocycles. The zero-order valence-electron chi connectivity index (χ0n) is 23.0. The number of carbonyl (C=O) groups is 3. The highest BCUT2D eigenvalue weighted by atomic mass is 16.4. The topological polar surface area (TPSA) is 214 Å². The van der Waals surface area contributed by atoms with Crippen LogP contribution in [0.25, 0.3) is 0 Å². The highest BCUT2D eigenvalue weighted by Crippen LogP contribution is 2.55. The summed E-state index contributed by atoms with van der Waals surface area (Å²) in [5.41, 5.74) is 1.67. The van der Waals surface area contributed by atoms with Crippen molar-refractivity contribution in [2.24, 2.45) is 17.6 Å². The summed E-state index contributed by atoms with van der Waals surface area (Å²) >= 11 is 0. The van der Waals surface area contributed by atoms with E-state index in [1.165, 1.54) is 31.1 Å². The number of benzene rings is 2. The first-order valence-corrected chi connectivity index (χ1v) is 13.4. The molecule has 0 saturated carbocycles. The minimum Gasteiger partial charge on any atom is -0.510 e. The number of hydrogen-bond donors (Lipinski definition) is 8. The van der Waals surface area contributed by atoms with Gasteiger partial charge in [0.25, 0.3) is 5.91 Å². The Labute approximate surface area is 241 Å². The average molecular weight is 580 g/mol. The largest absolute Gasteiger partial charge is 0.510 e. The number of aromatic hydroxyl groups is 1. The molecule has 222 valence electrons. The van der Waals surface area contributed by atoms with Gasteiger partial charge in [-0.15, -0.1) is 0 Å². The number of rotatable bonds is 7. The van der Waals surface area contributed by atoms with E-state index in [-0.39, 0.29) is 17.7 Å². The fourth-order valence-electron chi connectivity index (χ4n) is 6.58. The molecule has 42 heavy (non-hydrogen) atoms. The van der Waals surface area contributed by atoms with Crippen LogP contribution in [0.5, 0.6) is 5.75 Å². The SMILES string of the molecule is CN(C)[C@@H]1C(O)=C(C(N)=O)C(=O)[C@@]2(O)C(O)=C3C(=O)c4c(ccc(CNCCc5ccccc5)c4O)[C@H](O)[C@H]3[C@H](O)[C@@H]12. The molecule has 0 fully saturated rings. The standard InChI is InChI=1S/C30H33N3O9/c1-33(2)21-20-25(37)17-18(27(39)30(20,42)28(40)19(26(21)38)29(31)41)24(36)16-15(23(17)35)9-8-14(22(16)34)12-32-11-10-13-6-4-3-5-7-13/h3-9,17,20-21,23,25,32,34-35,37-39,42H,10-12H2,1-2H3,(H2,31,41)/t17-,20+,21-,23-,25-,30-/m0/s1. The molecule has 3 aliphatic rings. The van der Waals surface area contributed by atoms with E-state index in [0.29, 0.717) is 18.5 Å². The number of phenols is 1. The number of ketones is 2. The van der Waals surface area contributed by atoms with Crippen LogP contribution in [-0.2, 0) is 22.6 Å². The van der Waals surface area contributed by atoms with Crippen LogP contribution in [0.2, 0.25) is 0 Å². The maximum absolute atomic E-state index is 13.9. The van der Waals surface area contributed by atoms with E-state index in [1.54, 1.807) is 0 Å². The Morgan fingerprint density at radius 2 is 1.71 bits per heavy atom. The van der Waals surface area contributed by atoms with Gasteiger partial charge in [-0.2, -0.15) is 0 Å². The lowest BCUT2D eigenvalue weighted by Gasteiger charge is -2.53. The zero-order chi connectivity index (χ0) is 30.7. The van der Waals surface area contributed by atoms with E-state index in [2.05, 4.69) is 5.32 Å². The van der Waals surface area contributed by atoms with Crippen molar-refractivity contribution in [2.75, 3.05) is 20.6 Å². The molecule has 12 heteroatoms. The number of Topliss-reactive ketones (excluding diaryl/α,β-unsaturated/α-hetero) is 2. The summed E-state index contributed by atoms with van der Waals surface area (Å²) in [5, 5.41) is 71.1. The Bertz CT molecular complexity index is 1530. The van der Waals surface area contributed by atoms with Crippen molar-refractivity contribution in [3.05, 3.63) is 87.4 Å². The number of hydrogen-bond acceptors (Lipinski definition) is 11. The summed E-state index contributed by atoms with van der Waals surface area (Å²) in [6.45, 7) is 0.719. The molecule has 6 atom stereocenters. The van der Waals surface area contributed by atoms with E-state index in [9.17, 15) is 45.0 Å². The molecule has 0 unspecified atom stereocenters. The van der Waals surface area contributed by atoms with E-state index >= 15 is 0 Å². The van der Waals surface area contributed by atoms with E-state index in [1.807, 2.05) is 30.3 Å². The number of fused-ring (bicyclic) bond motifs is 3. The summed E-state index contributed by atoms with van der Waals surface area (Å²) < 4.78 is 0. The predicted octanol–water partition coefficient (Wildman–Crippen LogP) is -0.0854. The number of nitrogens with zero attached hydrogens (tertiary/aromatic N) is 1. The number of primary amides is 1. The molecule has 0 bridgehead atoms. The number of nitrogens with two attached hydrogens (primary N) is 1. The Kier molecular flexibility index (Phi) is 7.46. The van der Waals surface area contributed by atoms with Crippen molar-refractivity contribution in [2.45, 2.75) is 36.8 Å². The van der Waals surface area contributed by atoms with Crippen LogP contribution in [0.15, 0.2) is 65.1 Å². The molecule has 0 heterocycles. The quantitative estimate of drug-likeness (QED) is 0.160. The predicted molar refractivity (Wildman–Crippen MR) is 148 cm³/mol. The number of amides is 1. The highest BCUT2D eigenvalue weighted by molar-refractivity contribution is 6.25. The van der Waals surface area contributed by atoms with Crippen LogP contribution >= 0.6 is 0 Å². The number of likely N-dealkylation sites (N-methyl/N-ethyl adjacent to an activating group) is 1. The Hall–Kier alpha value is -4.07. The molecule has 1 amide bonds. The van der Waals surface area contributed by atoms with Gasteiger partial charge in [0.2, 0.25) is 5.78 Å². The van der Waals surface area contributed by atoms with Gasteiger partial charge < -0.3 is 41.7 Å². The molecule has 0 spiro atoms. The second kappa shape index (κ2) is 10.6. The summed E-state index contributed by atoms with van der Waals surface area (Å²) in [7, 11) is 2.87. The van der Waals surface area contributed by atoms with Crippen LogP contribution < -0.4 is 11.1 Å². The maximum Gasteiger partial charge on any atom is 0.255 e. The number of phenolic OH excluding ortho intramolecular Hbond substituents is 1. The molecule has 0 aromatic heterocycles. The monoisotopic (exact) mass is 579 g/mol. The molecule has 5 rings (SSSR count). The van der Waals surface area contributed by atoms with Crippen molar-refractivity contribution in [1.29, 1.82) is 0 Å². The van der Waals surface area contributed by atoms with Crippen LogP contribution in [0, 0.1) is 11.8 Å². The molecule has 0 saturated heterocycles. The molecule has 9 N–H and O–H groups in total. The van der Waals surface area contributed by atoms with Gasteiger partial charge in [0.1, 0.15) is 22.8 Å². The fourth-order valence-corrected chi connectivity index (χ4v) is 6.58. The van der Waals surface area contributed by atoms with Gasteiger partial charge in [-0.1, -0.05) is 42.5 Å². The number of nitrogens with one attached hydrogen (secondary N) is 1. The summed E-state index contributed by atoms with van der Waals surface area (Å²) in [4.78, 5) is 40.7. The summed E-state index contributed by atoms with van der Waals surface area (Å²) in [5.74, 6) is -9.61. The third kappa shape index (κ3) is 4.22. The van der Waals surface area contributed by atoms with Gasteiger partial charge in [0, 0.05) is 23.6 Å². The molecular formula is C30H33N3O9. The van der Waals surface area contributed by atoms with Crippen molar-refractivity contribution in [1.82, 2.24) is 10.2 Å².